The Bertz CT molecular complexity index is 752. The summed E-state index contributed by atoms with van der Waals surface area (Å²) in [4.78, 5) is 22.9. The lowest BCUT2D eigenvalue weighted by Gasteiger charge is -2.06. The Balaban J connectivity index is 2.00. The van der Waals surface area contributed by atoms with Gasteiger partial charge in [0.2, 0.25) is 11.8 Å². The van der Waals surface area contributed by atoms with Crippen LogP contribution in [0, 0.1) is 6.92 Å². The van der Waals surface area contributed by atoms with E-state index in [0.717, 1.165) is 11.1 Å². The standard InChI is InChI=1S/C18H17ClN2O2/c1-12-3-7-15(19)11-17(12)21-18(23)10-6-14-4-8-16(9-5-14)20-13(2)22/h3-11H,1-2H3,(H,20,22)(H,21,23)/b10-6+. The summed E-state index contributed by atoms with van der Waals surface area (Å²) in [5.74, 6) is -0.356. The lowest BCUT2D eigenvalue weighted by atomic mass is 10.2. The van der Waals surface area contributed by atoms with Crippen LogP contribution in [-0.2, 0) is 9.59 Å². The Morgan fingerprint density at radius 1 is 1.04 bits per heavy atom. The van der Waals surface area contributed by atoms with Crippen LogP contribution in [0.2, 0.25) is 5.02 Å². The van der Waals surface area contributed by atoms with Crippen molar-refractivity contribution in [1.29, 1.82) is 0 Å². The SMILES string of the molecule is CC(=O)Nc1ccc(/C=C/C(=O)Nc2cc(Cl)ccc2C)cc1. The molecule has 2 N–H and O–H groups in total. The lowest BCUT2D eigenvalue weighted by molar-refractivity contribution is -0.114. The average molecular weight is 329 g/mol. The Hall–Kier alpha value is -2.59. The van der Waals surface area contributed by atoms with Crippen molar-refractivity contribution in [1.82, 2.24) is 0 Å². The zero-order valence-electron chi connectivity index (χ0n) is 12.9. The van der Waals surface area contributed by atoms with E-state index in [-0.39, 0.29) is 11.8 Å². The summed E-state index contributed by atoms with van der Waals surface area (Å²) in [6, 6.07) is 12.5. The molecule has 0 fully saturated rings. The Morgan fingerprint density at radius 3 is 2.39 bits per heavy atom. The molecule has 0 aliphatic heterocycles. The molecule has 2 aromatic carbocycles. The summed E-state index contributed by atoms with van der Waals surface area (Å²) in [5, 5.41) is 6.05. The predicted octanol–water partition coefficient (Wildman–Crippen LogP) is 4.26. The first-order chi connectivity index (χ1) is 10.9. The van der Waals surface area contributed by atoms with E-state index in [1.807, 2.05) is 25.1 Å². The van der Waals surface area contributed by atoms with Gasteiger partial charge in [-0.1, -0.05) is 29.8 Å². The molecule has 5 heteroatoms. The summed E-state index contributed by atoms with van der Waals surface area (Å²) in [6.07, 6.45) is 3.15. The van der Waals surface area contributed by atoms with Crippen molar-refractivity contribution in [2.24, 2.45) is 0 Å². The van der Waals surface area contributed by atoms with Gasteiger partial charge in [0.15, 0.2) is 0 Å². The van der Waals surface area contributed by atoms with Gasteiger partial charge in [-0.15, -0.1) is 0 Å². The molecule has 0 saturated carbocycles. The number of hydrogen-bond acceptors (Lipinski definition) is 2. The minimum atomic E-state index is -0.235. The van der Waals surface area contributed by atoms with Crippen molar-refractivity contribution in [2.75, 3.05) is 10.6 Å². The number of nitrogens with one attached hydrogen (secondary N) is 2. The monoisotopic (exact) mass is 328 g/mol. The van der Waals surface area contributed by atoms with Gasteiger partial charge in [-0.05, 0) is 48.4 Å². The van der Waals surface area contributed by atoms with Gasteiger partial charge in [-0.3, -0.25) is 9.59 Å². The molecular formula is C18H17ClN2O2. The zero-order chi connectivity index (χ0) is 16.8. The molecule has 23 heavy (non-hydrogen) atoms. The second-order valence-electron chi connectivity index (χ2n) is 5.09. The van der Waals surface area contributed by atoms with Crippen LogP contribution in [-0.4, -0.2) is 11.8 Å². The molecule has 0 saturated heterocycles. The predicted molar refractivity (Wildman–Crippen MR) is 94.6 cm³/mol. The van der Waals surface area contributed by atoms with Gasteiger partial charge >= 0.3 is 0 Å². The first kappa shape index (κ1) is 16.8. The smallest absolute Gasteiger partial charge is 0.248 e. The number of carbonyl (C=O) groups excluding carboxylic acids is 2. The van der Waals surface area contributed by atoms with E-state index in [2.05, 4.69) is 10.6 Å². The average Bonchev–Trinajstić information content (AvgIpc) is 2.50. The third kappa shape index (κ3) is 5.27. The van der Waals surface area contributed by atoms with Gasteiger partial charge in [-0.25, -0.2) is 0 Å². The highest BCUT2D eigenvalue weighted by molar-refractivity contribution is 6.31. The largest absolute Gasteiger partial charge is 0.326 e. The molecule has 0 radical (unpaired) electrons. The maximum atomic E-state index is 12.0. The Kier molecular flexibility index (Phi) is 5.55. The van der Waals surface area contributed by atoms with E-state index in [1.165, 1.54) is 13.0 Å². The molecule has 2 amide bonds. The van der Waals surface area contributed by atoms with Crippen LogP contribution in [0.15, 0.2) is 48.5 Å². The first-order valence-electron chi connectivity index (χ1n) is 7.07. The highest BCUT2D eigenvalue weighted by atomic mass is 35.5. The fourth-order valence-corrected chi connectivity index (χ4v) is 2.13. The second-order valence-corrected chi connectivity index (χ2v) is 5.52. The molecule has 118 valence electrons. The van der Waals surface area contributed by atoms with Gasteiger partial charge in [0.1, 0.15) is 0 Å². The molecule has 0 atom stereocenters. The third-order valence-corrected chi connectivity index (χ3v) is 3.35. The van der Waals surface area contributed by atoms with E-state index in [0.29, 0.717) is 16.4 Å². The van der Waals surface area contributed by atoms with Crippen molar-refractivity contribution >= 4 is 40.9 Å². The van der Waals surface area contributed by atoms with Crippen molar-refractivity contribution in [2.45, 2.75) is 13.8 Å². The molecule has 0 aliphatic carbocycles. The highest BCUT2D eigenvalue weighted by Gasteiger charge is 2.02. The van der Waals surface area contributed by atoms with Crippen molar-refractivity contribution in [3.63, 3.8) is 0 Å². The fourth-order valence-electron chi connectivity index (χ4n) is 1.96. The van der Waals surface area contributed by atoms with E-state index in [1.54, 1.807) is 30.3 Å². The number of carbonyl (C=O) groups is 2. The molecule has 0 aliphatic rings. The van der Waals surface area contributed by atoms with Crippen LogP contribution >= 0.6 is 11.6 Å². The van der Waals surface area contributed by atoms with Crippen molar-refractivity contribution in [3.05, 3.63) is 64.7 Å². The molecule has 2 aromatic rings. The number of halogens is 1. The van der Waals surface area contributed by atoms with Gasteiger partial charge < -0.3 is 10.6 Å². The summed E-state index contributed by atoms with van der Waals surface area (Å²) in [6.45, 7) is 3.35. The molecule has 0 bridgehead atoms. The van der Waals surface area contributed by atoms with Gasteiger partial charge in [0, 0.05) is 29.4 Å². The normalized spacial score (nSPS) is 10.6. The minimum absolute atomic E-state index is 0.121. The van der Waals surface area contributed by atoms with E-state index >= 15 is 0 Å². The quantitative estimate of drug-likeness (QED) is 0.824. The van der Waals surface area contributed by atoms with Crippen molar-refractivity contribution in [3.8, 4) is 0 Å². The fraction of sp³-hybridized carbons (Fsp3) is 0.111. The van der Waals surface area contributed by atoms with Crippen LogP contribution in [0.5, 0.6) is 0 Å². The van der Waals surface area contributed by atoms with Gasteiger partial charge in [0.05, 0.1) is 0 Å². The number of aryl methyl sites for hydroxylation is 1. The van der Waals surface area contributed by atoms with Gasteiger partial charge in [-0.2, -0.15) is 0 Å². The number of anilines is 2. The number of amides is 2. The van der Waals surface area contributed by atoms with Crippen LogP contribution < -0.4 is 10.6 Å². The maximum absolute atomic E-state index is 12.0. The highest BCUT2D eigenvalue weighted by Crippen LogP contribution is 2.20. The lowest BCUT2D eigenvalue weighted by Crippen LogP contribution is -2.08. The number of rotatable bonds is 4. The van der Waals surface area contributed by atoms with E-state index in [9.17, 15) is 9.59 Å². The first-order valence-corrected chi connectivity index (χ1v) is 7.45. The van der Waals surface area contributed by atoms with Crippen molar-refractivity contribution < 1.29 is 9.59 Å². The Morgan fingerprint density at radius 2 is 1.74 bits per heavy atom. The van der Waals surface area contributed by atoms with Crippen LogP contribution in [0.25, 0.3) is 6.08 Å². The molecule has 0 aromatic heterocycles. The number of hydrogen-bond donors (Lipinski definition) is 2. The molecule has 0 unspecified atom stereocenters. The van der Waals surface area contributed by atoms with Gasteiger partial charge in [0.25, 0.3) is 0 Å². The van der Waals surface area contributed by atoms with Crippen LogP contribution in [0.1, 0.15) is 18.1 Å². The van der Waals surface area contributed by atoms with E-state index < -0.39 is 0 Å². The maximum Gasteiger partial charge on any atom is 0.248 e. The Labute approximate surface area is 140 Å². The molecule has 2 rings (SSSR count). The molecular weight excluding hydrogens is 312 g/mol. The molecule has 0 heterocycles. The summed E-state index contributed by atoms with van der Waals surface area (Å²) >= 11 is 5.92. The molecule has 4 nitrogen and oxygen atoms in total. The summed E-state index contributed by atoms with van der Waals surface area (Å²) in [5.41, 5.74) is 3.20. The second kappa shape index (κ2) is 7.61. The third-order valence-electron chi connectivity index (χ3n) is 3.12. The topological polar surface area (TPSA) is 58.2 Å². The summed E-state index contributed by atoms with van der Waals surface area (Å²) in [7, 11) is 0. The zero-order valence-corrected chi connectivity index (χ0v) is 13.6. The molecule has 0 spiro atoms. The summed E-state index contributed by atoms with van der Waals surface area (Å²) < 4.78 is 0. The van der Waals surface area contributed by atoms with Crippen LogP contribution in [0.4, 0.5) is 11.4 Å². The minimum Gasteiger partial charge on any atom is -0.326 e. The number of benzene rings is 2. The van der Waals surface area contributed by atoms with Crippen LogP contribution in [0.3, 0.4) is 0 Å². The van der Waals surface area contributed by atoms with E-state index in [4.69, 9.17) is 11.6 Å².